The van der Waals surface area contributed by atoms with E-state index in [0.717, 1.165) is 24.1 Å². The summed E-state index contributed by atoms with van der Waals surface area (Å²) in [6.45, 7) is 2.41. The van der Waals surface area contributed by atoms with Crippen molar-refractivity contribution >= 4 is 5.91 Å². The molecule has 7 heteroatoms. The molecule has 27 heavy (non-hydrogen) atoms. The number of hydrogen-bond acceptors (Lipinski definition) is 4. The van der Waals surface area contributed by atoms with Gasteiger partial charge in [-0.3, -0.25) is 14.3 Å². The van der Waals surface area contributed by atoms with Gasteiger partial charge in [0.05, 0.1) is 12.2 Å². The largest absolute Gasteiger partial charge is 0.349 e. The van der Waals surface area contributed by atoms with Gasteiger partial charge in [0.2, 0.25) is 0 Å². The molecular formula is C20H21N5O2. The predicted octanol–water partition coefficient (Wildman–Crippen LogP) is 2.00. The average molecular weight is 363 g/mol. The smallest absolute Gasteiger partial charge is 0.251 e. The topological polar surface area (TPSA) is 92.7 Å². The van der Waals surface area contributed by atoms with E-state index in [2.05, 4.69) is 20.4 Å². The van der Waals surface area contributed by atoms with Crippen molar-refractivity contribution in [2.75, 3.05) is 0 Å². The summed E-state index contributed by atoms with van der Waals surface area (Å²) in [4.78, 5) is 31.2. The van der Waals surface area contributed by atoms with Gasteiger partial charge in [-0.15, -0.1) is 0 Å². The molecule has 0 bridgehead atoms. The van der Waals surface area contributed by atoms with Crippen LogP contribution in [0.15, 0.2) is 53.6 Å². The molecule has 1 aromatic carbocycles. The van der Waals surface area contributed by atoms with Crippen LogP contribution < -0.4 is 10.9 Å². The molecule has 138 valence electrons. The first-order valence-corrected chi connectivity index (χ1v) is 9.02. The van der Waals surface area contributed by atoms with Gasteiger partial charge in [-0.2, -0.15) is 5.10 Å². The molecular weight excluding hydrogens is 342 g/mol. The molecule has 0 radical (unpaired) electrons. The molecule has 1 aliphatic carbocycles. The molecule has 0 aliphatic heterocycles. The minimum absolute atomic E-state index is 0.0733. The van der Waals surface area contributed by atoms with Crippen LogP contribution in [0.1, 0.15) is 46.2 Å². The van der Waals surface area contributed by atoms with E-state index in [-0.39, 0.29) is 23.4 Å². The van der Waals surface area contributed by atoms with Gasteiger partial charge in [-0.1, -0.05) is 12.1 Å². The van der Waals surface area contributed by atoms with E-state index in [1.807, 2.05) is 41.2 Å². The monoisotopic (exact) mass is 363 g/mol. The highest BCUT2D eigenvalue weighted by atomic mass is 16.1. The normalized spacial score (nSPS) is 18.7. The summed E-state index contributed by atoms with van der Waals surface area (Å²) in [5.74, 6) is 0.775. The first-order chi connectivity index (χ1) is 13.1. The Labute approximate surface area is 156 Å². The Hall–Kier alpha value is -3.22. The molecule has 1 amide bonds. The zero-order valence-electron chi connectivity index (χ0n) is 15.1. The van der Waals surface area contributed by atoms with Crippen molar-refractivity contribution in [3.8, 4) is 0 Å². The Balaban J connectivity index is 1.36. The van der Waals surface area contributed by atoms with E-state index in [1.54, 1.807) is 19.2 Å². The summed E-state index contributed by atoms with van der Waals surface area (Å²) in [6, 6.07) is 11.1. The maximum Gasteiger partial charge on any atom is 0.251 e. The van der Waals surface area contributed by atoms with Crippen LogP contribution in [-0.2, 0) is 6.54 Å². The lowest BCUT2D eigenvalue weighted by atomic mass is 9.78. The highest BCUT2D eigenvalue weighted by Crippen LogP contribution is 2.35. The second-order valence-electron chi connectivity index (χ2n) is 7.00. The Kier molecular flexibility index (Phi) is 4.58. The minimum atomic E-state index is -0.126. The van der Waals surface area contributed by atoms with Crippen LogP contribution in [0.25, 0.3) is 0 Å². The Morgan fingerprint density at radius 1 is 1.30 bits per heavy atom. The number of rotatable bonds is 5. The fraction of sp³-hybridized carbons (Fsp3) is 0.300. The molecule has 0 saturated heterocycles. The molecule has 1 fully saturated rings. The highest BCUT2D eigenvalue weighted by Gasteiger charge is 2.32. The zero-order valence-corrected chi connectivity index (χ0v) is 15.1. The fourth-order valence-electron chi connectivity index (χ4n) is 3.45. The number of aromatic amines is 1. The summed E-state index contributed by atoms with van der Waals surface area (Å²) < 4.78 is 1.82. The molecule has 0 unspecified atom stereocenters. The van der Waals surface area contributed by atoms with Gasteiger partial charge in [0.25, 0.3) is 11.5 Å². The molecule has 0 atom stereocenters. The molecule has 2 aromatic heterocycles. The van der Waals surface area contributed by atoms with Crippen molar-refractivity contribution in [3.05, 3.63) is 81.8 Å². The second-order valence-corrected chi connectivity index (χ2v) is 7.00. The minimum Gasteiger partial charge on any atom is -0.349 e. The van der Waals surface area contributed by atoms with Gasteiger partial charge in [0.15, 0.2) is 0 Å². The third-order valence-electron chi connectivity index (χ3n) is 4.86. The standard InChI is InChI=1S/C20H21N5O2/c1-13-22-18(11-19(26)23-13)16-9-17(10-16)24-20(27)15-5-2-4-14(8-15)12-25-7-3-6-21-25/h2-8,11,16-17H,9-10,12H2,1H3,(H,24,27)(H,22,23,26). The third kappa shape index (κ3) is 3.97. The highest BCUT2D eigenvalue weighted by molar-refractivity contribution is 5.94. The maximum atomic E-state index is 12.5. The molecule has 2 heterocycles. The van der Waals surface area contributed by atoms with Crippen LogP contribution in [0.2, 0.25) is 0 Å². The number of benzene rings is 1. The van der Waals surface area contributed by atoms with E-state index < -0.39 is 0 Å². The zero-order chi connectivity index (χ0) is 18.8. The summed E-state index contributed by atoms with van der Waals surface area (Å²) >= 11 is 0. The summed E-state index contributed by atoms with van der Waals surface area (Å²) in [6.07, 6.45) is 5.23. The quantitative estimate of drug-likeness (QED) is 0.725. The molecule has 4 rings (SSSR count). The molecule has 0 spiro atoms. The van der Waals surface area contributed by atoms with E-state index >= 15 is 0 Å². The van der Waals surface area contributed by atoms with E-state index in [4.69, 9.17) is 0 Å². The summed E-state index contributed by atoms with van der Waals surface area (Å²) in [5, 5.41) is 7.26. The SMILES string of the molecule is Cc1nc(C2CC(NC(=O)c3cccc(Cn4cccn4)c3)C2)cc(=O)[nH]1. The van der Waals surface area contributed by atoms with Crippen molar-refractivity contribution in [1.29, 1.82) is 0 Å². The lowest BCUT2D eigenvalue weighted by Gasteiger charge is -2.35. The van der Waals surface area contributed by atoms with Crippen LogP contribution in [0, 0.1) is 6.92 Å². The lowest BCUT2D eigenvalue weighted by molar-refractivity contribution is 0.0908. The van der Waals surface area contributed by atoms with E-state index in [9.17, 15) is 9.59 Å². The number of carbonyl (C=O) groups excluding carboxylic acids is 1. The molecule has 7 nitrogen and oxygen atoms in total. The summed E-state index contributed by atoms with van der Waals surface area (Å²) in [5.41, 5.74) is 2.36. The predicted molar refractivity (Wildman–Crippen MR) is 101 cm³/mol. The van der Waals surface area contributed by atoms with Crippen molar-refractivity contribution in [3.63, 3.8) is 0 Å². The Morgan fingerprint density at radius 3 is 2.89 bits per heavy atom. The fourth-order valence-corrected chi connectivity index (χ4v) is 3.45. The number of amides is 1. The first-order valence-electron chi connectivity index (χ1n) is 9.02. The molecule has 2 N–H and O–H groups in total. The lowest BCUT2D eigenvalue weighted by Crippen LogP contribution is -2.43. The van der Waals surface area contributed by atoms with Crippen LogP contribution in [-0.4, -0.2) is 31.7 Å². The van der Waals surface area contributed by atoms with Crippen LogP contribution in [0.4, 0.5) is 0 Å². The number of nitrogens with zero attached hydrogens (tertiary/aromatic N) is 3. The molecule has 1 aliphatic rings. The van der Waals surface area contributed by atoms with E-state index in [0.29, 0.717) is 17.9 Å². The van der Waals surface area contributed by atoms with Crippen LogP contribution in [0.3, 0.4) is 0 Å². The number of H-pyrrole nitrogens is 1. The van der Waals surface area contributed by atoms with Crippen LogP contribution >= 0.6 is 0 Å². The molecule has 1 saturated carbocycles. The first kappa shape index (κ1) is 17.2. The van der Waals surface area contributed by atoms with Gasteiger partial charge in [-0.05, 0) is 43.5 Å². The van der Waals surface area contributed by atoms with Crippen molar-refractivity contribution in [2.45, 2.75) is 38.3 Å². The van der Waals surface area contributed by atoms with Crippen LogP contribution in [0.5, 0.6) is 0 Å². The molecule has 3 aromatic rings. The van der Waals surface area contributed by atoms with Gasteiger partial charge in [0.1, 0.15) is 5.82 Å². The number of carbonyl (C=O) groups is 1. The van der Waals surface area contributed by atoms with Gasteiger partial charge in [-0.25, -0.2) is 4.98 Å². The van der Waals surface area contributed by atoms with Gasteiger partial charge >= 0.3 is 0 Å². The van der Waals surface area contributed by atoms with Crippen molar-refractivity contribution in [2.24, 2.45) is 0 Å². The number of hydrogen-bond donors (Lipinski definition) is 2. The Morgan fingerprint density at radius 2 is 2.15 bits per heavy atom. The van der Waals surface area contributed by atoms with Crippen molar-refractivity contribution < 1.29 is 4.79 Å². The van der Waals surface area contributed by atoms with E-state index in [1.165, 1.54) is 0 Å². The maximum absolute atomic E-state index is 12.5. The van der Waals surface area contributed by atoms with Gasteiger partial charge in [0, 0.05) is 36.0 Å². The average Bonchev–Trinajstić information content (AvgIpc) is 3.10. The number of aryl methyl sites for hydroxylation is 1. The Bertz CT molecular complexity index is 1000. The third-order valence-corrected chi connectivity index (χ3v) is 4.86. The van der Waals surface area contributed by atoms with Crippen molar-refractivity contribution in [1.82, 2.24) is 25.1 Å². The van der Waals surface area contributed by atoms with Gasteiger partial charge < -0.3 is 10.3 Å². The summed E-state index contributed by atoms with van der Waals surface area (Å²) in [7, 11) is 0. The second kappa shape index (κ2) is 7.19. The number of aromatic nitrogens is 4. The number of nitrogens with one attached hydrogen (secondary N) is 2.